The third-order valence-corrected chi connectivity index (χ3v) is 3.30. The van der Waals surface area contributed by atoms with Crippen LogP contribution in [-0.4, -0.2) is 9.78 Å². The van der Waals surface area contributed by atoms with Gasteiger partial charge in [0.05, 0.1) is 18.0 Å². The summed E-state index contributed by atoms with van der Waals surface area (Å²) in [6, 6.07) is 3.99. The van der Waals surface area contributed by atoms with E-state index in [1.165, 1.54) is 0 Å². The number of hydrogen-bond acceptors (Lipinski definition) is 3. The molecule has 0 unspecified atom stereocenters. The van der Waals surface area contributed by atoms with Gasteiger partial charge in [-0.2, -0.15) is 5.10 Å². The zero-order chi connectivity index (χ0) is 12.4. The molecule has 0 fully saturated rings. The van der Waals surface area contributed by atoms with Crippen molar-refractivity contribution in [1.82, 2.24) is 15.1 Å². The maximum absolute atomic E-state index is 6.16. The summed E-state index contributed by atoms with van der Waals surface area (Å²) < 4.78 is 7.02. The first-order valence-corrected chi connectivity index (χ1v) is 5.92. The lowest BCUT2D eigenvalue weighted by Crippen LogP contribution is -2.18. The minimum absolute atomic E-state index is 0.153. The SMILES string of the molecule is Cc1nn(C)c(Cl)c1CN[C@H](C)c1ccco1. The maximum Gasteiger partial charge on any atom is 0.131 e. The van der Waals surface area contributed by atoms with Crippen LogP contribution in [0.2, 0.25) is 5.15 Å². The van der Waals surface area contributed by atoms with Gasteiger partial charge in [-0.15, -0.1) is 0 Å². The molecule has 2 heterocycles. The second-order valence-corrected chi connectivity index (χ2v) is 4.45. The van der Waals surface area contributed by atoms with Gasteiger partial charge in [-0.3, -0.25) is 4.68 Å². The highest BCUT2D eigenvalue weighted by Crippen LogP contribution is 2.20. The molecule has 0 aliphatic heterocycles. The van der Waals surface area contributed by atoms with Gasteiger partial charge < -0.3 is 9.73 Å². The Morgan fingerprint density at radius 2 is 2.35 bits per heavy atom. The number of nitrogens with zero attached hydrogens (tertiary/aromatic N) is 2. The van der Waals surface area contributed by atoms with Crippen LogP contribution in [0.15, 0.2) is 22.8 Å². The number of halogens is 1. The van der Waals surface area contributed by atoms with E-state index in [1.54, 1.807) is 10.9 Å². The highest BCUT2D eigenvalue weighted by molar-refractivity contribution is 6.30. The number of furan rings is 1. The van der Waals surface area contributed by atoms with E-state index in [0.29, 0.717) is 11.7 Å². The first-order chi connectivity index (χ1) is 8.09. The van der Waals surface area contributed by atoms with Crippen molar-refractivity contribution < 1.29 is 4.42 Å². The van der Waals surface area contributed by atoms with E-state index < -0.39 is 0 Å². The number of aryl methyl sites for hydroxylation is 2. The Balaban J connectivity index is 2.03. The van der Waals surface area contributed by atoms with Crippen molar-refractivity contribution in [1.29, 1.82) is 0 Å². The zero-order valence-corrected chi connectivity index (χ0v) is 11.0. The standard InChI is InChI=1S/C12H16ClN3O/c1-8-10(12(13)16(3)15-8)7-14-9(2)11-5-4-6-17-11/h4-6,9,14H,7H2,1-3H3/t9-/m1/s1. The Kier molecular flexibility index (Phi) is 3.54. The van der Waals surface area contributed by atoms with E-state index in [0.717, 1.165) is 17.0 Å². The van der Waals surface area contributed by atoms with Crippen molar-refractivity contribution in [3.8, 4) is 0 Å². The van der Waals surface area contributed by atoms with Gasteiger partial charge in [0.2, 0.25) is 0 Å². The molecule has 0 radical (unpaired) electrons. The molecule has 2 rings (SSSR count). The molecule has 2 aromatic heterocycles. The summed E-state index contributed by atoms with van der Waals surface area (Å²) in [4.78, 5) is 0. The molecule has 17 heavy (non-hydrogen) atoms. The molecule has 0 saturated carbocycles. The second-order valence-electron chi connectivity index (χ2n) is 4.10. The Labute approximate surface area is 106 Å². The molecule has 2 aromatic rings. The average molecular weight is 254 g/mol. The molecule has 5 heteroatoms. The Bertz CT molecular complexity index is 490. The van der Waals surface area contributed by atoms with Gasteiger partial charge >= 0.3 is 0 Å². The van der Waals surface area contributed by atoms with Crippen molar-refractivity contribution in [2.24, 2.45) is 7.05 Å². The van der Waals surface area contributed by atoms with E-state index in [4.69, 9.17) is 16.0 Å². The van der Waals surface area contributed by atoms with Crippen molar-refractivity contribution in [3.63, 3.8) is 0 Å². The van der Waals surface area contributed by atoms with Gasteiger partial charge in [-0.1, -0.05) is 11.6 Å². The van der Waals surface area contributed by atoms with Gasteiger partial charge in [0, 0.05) is 19.2 Å². The highest BCUT2D eigenvalue weighted by Gasteiger charge is 2.13. The maximum atomic E-state index is 6.16. The molecule has 4 nitrogen and oxygen atoms in total. The number of nitrogens with one attached hydrogen (secondary N) is 1. The molecule has 1 atom stereocenters. The molecule has 0 saturated heterocycles. The first kappa shape index (κ1) is 12.2. The van der Waals surface area contributed by atoms with Crippen molar-refractivity contribution in [2.45, 2.75) is 26.4 Å². The van der Waals surface area contributed by atoms with Gasteiger partial charge in [0.15, 0.2) is 0 Å². The Morgan fingerprint density at radius 1 is 1.59 bits per heavy atom. The molecule has 0 spiro atoms. The van der Waals surface area contributed by atoms with Crippen LogP contribution in [0.25, 0.3) is 0 Å². The second kappa shape index (κ2) is 4.94. The highest BCUT2D eigenvalue weighted by atomic mass is 35.5. The minimum atomic E-state index is 0.153. The first-order valence-electron chi connectivity index (χ1n) is 5.54. The van der Waals surface area contributed by atoms with Crippen LogP contribution < -0.4 is 5.32 Å². The molecule has 0 aromatic carbocycles. The van der Waals surface area contributed by atoms with Crippen LogP contribution in [0.3, 0.4) is 0 Å². The van der Waals surface area contributed by atoms with Crippen LogP contribution in [0.1, 0.15) is 30.0 Å². The van der Waals surface area contributed by atoms with Crippen molar-refractivity contribution in [2.75, 3.05) is 0 Å². The van der Waals surface area contributed by atoms with Crippen molar-refractivity contribution in [3.05, 3.63) is 40.6 Å². The third-order valence-electron chi connectivity index (χ3n) is 2.82. The molecule has 92 valence electrons. The van der Waals surface area contributed by atoms with E-state index in [9.17, 15) is 0 Å². The Hall–Kier alpha value is -1.26. The predicted octanol–water partition coefficient (Wildman–Crippen LogP) is 2.83. The summed E-state index contributed by atoms with van der Waals surface area (Å²) in [5.41, 5.74) is 1.99. The molecule has 0 bridgehead atoms. The van der Waals surface area contributed by atoms with Gasteiger partial charge in [0.1, 0.15) is 10.9 Å². The van der Waals surface area contributed by atoms with Crippen LogP contribution in [0.4, 0.5) is 0 Å². The zero-order valence-electron chi connectivity index (χ0n) is 10.2. The van der Waals surface area contributed by atoms with E-state index in [1.807, 2.05) is 26.1 Å². The van der Waals surface area contributed by atoms with Crippen LogP contribution in [0.5, 0.6) is 0 Å². The lowest BCUT2D eigenvalue weighted by Gasteiger charge is -2.10. The summed E-state index contributed by atoms with van der Waals surface area (Å²) in [6.07, 6.45) is 1.68. The predicted molar refractivity (Wildman–Crippen MR) is 66.9 cm³/mol. The summed E-state index contributed by atoms with van der Waals surface area (Å²) in [6.45, 7) is 4.69. The average Bonchev–Trinajstić information content (AvgIpc) is 2.88. The smallest absolute Gasteiger partial charge is 0.131 e. The van der Waals surface area contributed by atoms with Gasteiger partial charge in [0.25, 0.3) is 0 Å². The fourth-order valence-electron chi connectivity index (χ4n) is 1.77. The summed E-state index contributed by atoms with van der Waals surface area (Å²) >= 11 is 6.16. The van der Waals surface area contributed by atoms with E-state index >= 15 is 0 Å². The largest absolute Gasteiger partial charge is 0.468 e. The molecule has 0 aliphatic rings. The lowest BCUT2D eigenvalue weighted by molar-refractivity contribution is 0.430. The normalized spacial score (nSPS) is 12.9. The van der Waals surface area contributed by atoms with E-state index in [2.05, 4.69) is 17.3 Å². The molecular formula is C12H16ClN3O. The fraction of sp³-hybridized carbons (Fsp3) is 0.417. The monoisotopic (exact) mass is 253 g/mol. The van der Waals surface area contributed by atoms with Gasteiger partial charge in [-0.25, -0.2) is 0 Å². The number of aromatic nitrogens is 2. The molecule has 1 N–H and O–H groups in total. The lowest BCUT2D eigenvalue weighted by atomic mass is 10.2. The topological polar surface area (TPSA) is 43.0 Å². The molecule has 0 aliphatic carbocycles. The Morgan fingerprint density at radius 3 is 2.88 bits per heavy atom. The summed E-state index contributed by atoms with van der Waals surface area (Å²) in [5, 5.41) is 8.32. The van der Waals surface area contributed by atoms with Gasteiger partial charge in [-0.05, 0) is 26.0 Å². The van der Waals surface area contributed by atoms with Crippen molar-refractivity contribution >= 4 is 11.6 Å². The fourth-order valence-corrected chi connectivity index (χ4v) is 2.01. The molecule has 0 amide bonds. The van der Waals surface area contributed by atoms with Crippen LogP contribution in [-0.2, 0) is 13.6 Å². The van der Waals surface area contributed by atoms with Crippen LogP contribution in [0, 0.1) is 6.92 Å². The van der Waals surface area contributed by atoms with E-state index in [-0.39, 0.29) is 6.04 Å². The third kappa shape index (κ3) is 2.53. The number of hydrogen-bond donors (Lipinski definition) is 1. The quantitative estimate of drug-likeness (QED) is 0.911. The molecular weight excluding hydrogens is 238 g/mol. The summed E-state index contributed by atoms with van der Waals surface area (Å²) in [7, 11) is 1.84. The summed E-state index contributed by atoms with van der Waals surface area (Å²) in [5.74, 6) is 0.919. The van der Waals surface area contributed by atoms with Crippen LogP contribution >= 0.6 is 11.6 Å². The number of rotatable bonds is 4. The minimum Gasteiger partial charge on any atom is -0.468 e.